The summed E-state index contributed by atoms with van der Waals surface area (Å²) in [6, 6.07) is 2.42. The Kier molecular flexibility index (Phi) is 11.9. The third kappa shape index (κ3) is 3.98. The zero-order chi connectivity index (χ0) is 11.3. The molecule has 0 radical (unpaired) electrons. The van der Waals surface area contributed by atoms with Gasteiger partial charge in [-0.1, -0.05) is 47.5 Å². The van der Waals surface area contributed by atoms with Gasteiger partial charge in [0, 0.05) is 21.7 Å². The first-order valence-electron chi connectivity index (χ1n) is 6.21. The zero-order valence-corrected chi connectivity index (χ0v) is 16.6. The largest absolute Gasteiger partial charge is 0.207 e. The molecule has 19 heavy (non-hydrogen) atoms. The van der Waals surface area contributed by atoms with Crippen molar-refractivity contribution in [2.75, 3.05) is 0 Å². The minimum Gasteiger partial charge on any atom is -0.207 e. The second-order valence-electron chi connectivity index (χ2n) is 5.62. The van der Waals surface area contributed by atoms with E-state index in [4.69, 9.17) is 0 Å². The molecule has 4 heteroatoms. The molecule has 112 valence electrons. The van der Waals surface area contributed by atoms with Gasteiger partial charge in [-0.3, -0.25) is 0 Å². The summed E-state index contributed by atoms with van der Waals surface area (Å²) in [6.07, 6.45) is 0. The summed E-state index contributed by atoms with van der Waals surface area (Å²) in [6.45, 7) is 14.2. The fraction of sp³-hybridized carbons (Fsp3) is 0.667. The van der Waals surface area contributed by atoms with E-state index >= 15 is 0 Å². The van der Waals surface area contributed by atoms with Crippen molar-refractivity contribution in [3.05, 3.63) is 28.3 Å². The smallest absolute Gasteiger partial charge is 0 e. The maximum Gasteiger partial charge on any atom is 0 e. The van der Waals surface area contributed by atoms with E-state index in [-0.39, 0.29) is 58.9 Å². The first-order valence-corrected chi connectivity index (χ1v) is 6.21. The van der Waals surface area contributed by atoms with Crippen LogP contribution in [0.2, 0.25) is 0 Å². The molecule has 1 aromatic rings. The van der Waals surface area contributed by atoms with Gasteiger partial charge in [-0.05, 0) is 17.8 Å². The number of hydrogen-bond donors (Lipinski definition) is 0. The average molecular weight is 361 g/mol. The van der Waals surface area contributed by atoms with Gasteiger partial charge in [0.2, 0.25) is 0 Å². The summed E-state index contributed by atoms with van der Waals surface area (Å²) in [4.78, 5) is 0. The Morgan fingerprint density at radius 2 is 1.32 bits per heavy atom. The van der Waals surface area contributed by atoms with Crippen molar-refractivity contribution in [3.8, 4) is 0 Å². The van der Waals surface area contributed by atoms with Crippen LogP contribution in [0.15, 0.2) is 6.07 Å². The first-order chi connectivity index (χ1) is 6.95. The molecular weight excluding hydrogens is 334 g/mol. The topological polar surface area (TPSA) is 0 Å². The Bertz CT molecular complexity index is 387. The standard InChI is InChI=1S/C15H23.3ClH.Ti/c1-8-7-14-12(5)10(3)11(4)13(6)15(14)9(8)2;;;;/h7,10-13H,1-6H3;3*1H;/q-1;;;;. The molecule has 0 fully saturated rings. The maximum absolute atomic E-state index is 2.42. The zero-order valence-electron chi connectivity index (χ0n) is 12.6. The van der Waals surface area contributed by atoms with Gasteiger partial charge in [0.1, 0.15) is 0 Å². The molecule has 0 aliphatic heterocycles. The first kappa shape index (κ1) is 24.9. The summed E-state index contributed by atoms with van der Waals surface area (Å²) < 4.78 is 0. The van der Waals surface area contributed by atoms with Crippen molar-refractivity contribution < 1.29 is 21.7 Å². The molecule has 0 aromatic heterocycles. The van der Waals surface area contributed by atoms with Crippen LogP contribution in [0.4, 0.5) is 0 Å². The Balaban J connectivity index is -0.000000640. The van der Waals surface area contributed by atoms with E-state index in [1.807, 2.05) is 0 Å². The van der Waals surface area contributed by atoms with Crippen LogP contribution >= 0.6 is 37.2 Å². The van der Waals surface area contributed by atoms with Gasteiger partial charge in [-0.25, -0.2) is 6.07 Å². The van der Waals surface area contributed by atoms with Crippen molar-refractivity contribution >= 4 is 37.2 Å². The normalized spacial score (nSPS) is 27.9. The van der Waals surface area contributed by atoms with Crippen LogP contribution in [0.25, 0.3) is 0 Å². The van der Waals surface area contributed by atoms with Gasteiger partial charge in [-0.2, -0.15) is 22.3 Å². The van der Waals surface area contributed by atoms with Gasteiger partial charge in [0.25, 0.3) is 0 Å². The van der Waals surface area contributed by atoms with Crippen LogP contribution in [0, 0.1) is 25.7 Å². The predicted octanol–water partition coefficient (Wildman–Crippen LogP) is 5.78. The number of aryl methyl sites for hydroxylation is 1. The van der Waals surface area contributed by atoms with Gasteiger partial charge < -0.3 is 0 Å². The van der Waals surface area contributed by atoms with E-state index in [0.717, 1.165) is 23.7 Å². The van der Waals surface area contributed by atoms with E-state index in [2.05, 4.69) is 47.6 Å². The van der Waals surface area contributed by atoms with Gasteiger partial charge in [0.05, 0.1) is 0 Å². The number of fused-ring (bicyclic) bond motifs is 1. The van der Waals surface area contributed by atoms with Crippen LogP contribution in [-0.2, 0) is 21.7 Å². The second-order valence-corrected chi connectivity index (χ2v) is 5.62. The second kappa shape index (κ2) is 9.05. The summed E-state index contributed by atoms with van der Waals surface area (Å²) in [5.74, 6) is 3.10. The van der Waals surface area contributed by atoms with Crippen LogP contribution in [-0.4, -0.2) is 0 Å². The fourth-order valence-corrected chi connectivity index (χ4v) is 3.29. The van der Waals surface area contributed by atoms with E-state index in [1.54, 1.807) is 16.7 Å². The minimum atomic E-state index is 0. The average Bonchev–Trinajstić information content (AvgIpc) is 2.50. The van der Waals surface area contributed by atoms with Crippen molar-refractivity contribution in [2.45, 2.75) is 53.4 Å². The molecule has 1 aliphatic carbocycles. The van der Waals surface area contributed by atoms with E-state index in [9.17, 15) is 0 Å². The molecule has 1 aromatic carbocycles. The molecule has 0 spiro atoms. The number of halogens is 3. The van der Waals surface area contributed by atoms with Crippen LogP contribution in [0.3, 0.4) is 0 Å². The Labute approximate surface area is 152 Å². The summed E-state index contributed by atoms with van der Waals surface area (Å²) in [5.41, 5.74) is 6.32. The monoisotopic (exact) mass is 359 g/mol. The quantitative estimate of drug-likeness (QED) is 0.406. The molecule has 4 unspecified atom stereocenters. The SMILES string of the molecule is Cc1cc2c([c-]1C)C(C)C(C)C(C)C2C.Cl.Cl.Cl.[Ti]. The number of rotatable bonds is 0. The molecule has 0 nitrogen and oxygen atoms in total. The Morgan fingerprint density at radius 3 is 1.79 bits per heavy atom. The predicted molar refractivity (Wildman–Crippen MR) is 88.4 cm³/mol. The summed E-state index contributed by atoms with van der Waals surface area (Å²) in [5, 5.41) is 0. The molecule has 0 bridgehead atoms. The molecular formula is C15H26Cl3Ti-. The summed E-state index contributed by atoms with van der Waals surface area (Å²) in [7, 11) is 0. The third-order valence-electron chi connectivity index (χ3n) is 5.03. The van der Waals surface area contributed by atoms with Crippen LogP contribution < -0.4 is 0 Å². The van der Waals surface area contributed by atoms with Gasteiger partial charge in [-0.15, -0.1) is 37.2 Å². The minimum absolute atomic E-state index is 0. The maximum atomic E-state index is 2.42. The molecule has 0 N–H and O–H groups in total. The van der Waals surface area contributed by atoms with Crippen LogP contribution in [0.5, 0.6) is 0 Å². The third-order valence-corrected chi connectivity index (χ3v) is 5.03. The summed E-state index contributed by atoms with van der Waals surface area (Å²) >= 11 is 0. The molecule has 4 atom stereocenters. The van der Waals surface area contributed by atoms with Gasteiger partial charge >= 0.3 is 0 Å². The fourth-order valence-electron chi connectivity index (χ4n) is 3.29. The Hall–Kier alpha value is 0.934. The van der Waals surface area contributed by atoms with Crippen molar-refractivity contribution in [3.63, 3.8) is 0 Å². The van der Waals surface area contributed by atoms with E-state index < -0.39 is 0 Å². The molecule has 0 amide bonds. The molecule has 2 rings (SSSR count). The van der Waals surface area contributed by atoms with E-state index in [1.165, 1.54) is 5.56 Å². The van der Waals surface area contributed by atoms with Crippen molar-refractivity contribution in [2.24, 2.45) is 11.8 Å². The molecule has 0 saturated heterocycles. The van der Waals surface area contributed by atoms with Crippen LogP contribution in [0.1, 0.15) is 61.8 Å². The van der Waals surface area contributed by atoms with Gasteiger partial charge in [0.15, 0.2) is 0 Å². The van der Waals surface area contributed by atoms with Crippen molar-refractivity contribution in [1.82, 2.24) is 0 Å². The van der Waals surface area contributed by atoms with Crippen molar-refractivity contribution in [1.29, 1.82) is 0 Å². The molecule has 0 heterocycles. The Morgan fingerprint density at radius 1 is 0.895 bits per heavy atom. The number of hydrogen-bond acceptors (Lipinski definition) is 0. The van der Waals surface area contributed by atoms with E-state index in [0.29, 0.717) is 0 Å². The molecule has 0 saturated carbocycles. The molecule has 1 aliphatic rings.